The van der Waals surface area contributed by atoms with E-state index in [9.17, 15) is 65.8 Å². The molecule has 66 heavy (non-hydrogen) atoms. The molecule has 0 radical (unpaired) electrons. The maximum Gasteiger partial charge on any atom is 0.335 e. The zero-order valence-electron chi connectivity index (χ0n) is 38.8. The Morgan fingerprint density at radius 1 is 0.727 bits per heavy atom. The van der Waals surface area contributed by atoms with Crippen LogP contribution in [0, 0.1) is 56.7 Å². The van der Waals surface area contributed by atoms with Crippen LogP contribution in [0.3, 0.4) is 0 Å². The van der Waals surface area contributed by atoms with Gasteiger partial charge in [0.05, 0.1) is 31.3 Å². The van der Waals surface area contributed by atoms with Crippen molar-refractivity contribution in [2.45, 2.75) is 191 Å². The summed E-state index contributed by atoms with van der Waals surface area (Å²) >= 11 is 0. The average molecular weight is 943 g/mol. The molecule has 0 spiro atoms. The van der Waals surface area contributed by atoms with Gasteiger partial charge in [-0.25, -0.2) is 4.79 Å². The summed E-state index contributed by atoms with van der Waals surface area (Å²) in [4.78, 5) is 27.0. The van der Waals surface area contributed by atoms with Gasteiger partial charge in [0.25, 0.3) is 0 Å². The largest absolute Gasteiger partial charge is 0.479 e. The number of allylic oxidation sites excluding steroid dienone is 2. The van der Waals surface area contributed by atoms with Crippen LogP contribution in [0.5, 0.6) is 0 Å². The molecule has 0 aromatic carbocycles. The van der Waals surface area contributed by atoms with E-state index in [-0.39, 0.29) is 46.5 Å². The minimum Gasteiger partial charge on any atom is -0.479 e. The van der Waals surface area contributed by atoms with Crippen molar-refractivity contribution in [2.24, 2.45) is 56.7 Å². The van der Waals surface area contributed by atoms with Gasteiger partial charge < -0.3 is 84.6 Å². The summed E-state index contributed by atoms with van der Waals surface area (Å²) in [7, 11) is 0. The Morgan fingerprint density at radius 3 is 2.09 bits per heavy atom. The zero-order chi connectivity index (χ0) is 48.2. The van der Waals surface area contributed by atoms with E-state index in [2.05, 4.69) is 40.7 Å². The molecular weight excluding hydrogens is 868 g/mol. The first-order valence-corrected chi connectivity index (χ1v) is 24.0. The van der Waals surface area contributed by atoms with E-state index in [4.69, 9.17) is 28.4 Å². The molecule has 4 saturated carbocycles. The lowest BCUT2D eigenvalue weighted by Crippen LogP contribution is -2.68. The highest BCUT2D eigenvalue weighted by atomic mass is 16.8. The highest BCUT2D eigenvalue weighted by Crippen LogP contribution is 2.76. The quantitative estimate of drug-likeness (QED) is 0.0803. The number of aliphatic carboxylic acids is 1. The molecular formula is C47H74O19. The highest BCUT2D eigenvalue weighted by molar-refractivity contribution is 5.79. The third kappa shape index (κ3) is 7.56. The van der Waals surface area contributed by atoms with Crippen molar-refractivity contribution in [1.29, 1.82) is 0 Å². The van der Waals surface area contributed by atoms with E-state index < -0.39 is 128 Å². The summed E-state index contributed by atoms with van der Waals surface area (Å²) in [6.07, 6.45) is -16.0. The lowest BCUT2D eigenvalue weighted by molar-refractivity contribution is -0.367. The van der Waals surface area contributed by atoms with Crippen LogP contribution >= 0.6 is 0 Å². The molecule has 0 aromatic heterocycles. The summed E-state index contributed by atoms with van der Waals surface area (Å²) in [5, 5.41) is 116. The molecule has 11 N–H and O–H groups in total. The summed E-state index contributed by atoms with van der Waals surface area (Å²) < 4.78 is 35.4. The first kappa shape index (κ1) is 50.5. The molecule has 19 heteroatoms. The fourth-order valence-electron chi connectivity index (χ4n) is 15.0. The fraction of sp³-hybridized carbons (Fsp3) is 0.915. The Hall–Kier alpha value is -1.92. The molecule has 8 rings (SSSR count). The number of esters is 1. The van der Waals surface area contributed by atoms with Gasteiger partial charge in [-0.2, -0.15) is 0 Å². The summed E-state index contributed by atoms with van der Waals surface area (Å²) in [6, 6.07) is 0. The van der Waals surface area contributed by atoms with E-state index in [0.29, 0.717) is 50.9 Å². The second-order valence-electron chi connectivity index (χ2n) is 22.3. The molecule has 376 valence electrons. The molecule has 25 atom stereocenters. The number of carboxylic acids is 1. The lowest BCUT2D eigenvalue weighted by atomic mass is 9.33. The third-order valence-electron chi connectivity index (χ3n) is 19.4. The Bertz CT molecular complexity index is 1830. The summed E-state index contributed by atoms with van der Waals surface area (Å²) in [5.74, 6) is -1.91. The van der Waals surface area contributed by atoms with Crippen molar-refractivity contribution in [1.82, 2.24) is 0 Å². The Kier molecular flexibility index (Phi) is 13.8. The maximum absolute atomic E-state index is 14.7. The van der Waals surface area contributed by atoms with Crippen molar-refractivity contribution in [3.05, 3.63) is 11.6 Å². The second-order valence-corrected chi connectivity index (χ2v) is 22.3. The molecule has 0 unspecified atom stereocenters. The molecule has 0 amide bonds. The molecule has 8 aliphatic rings. The van der Waals surface area contributed by atoms with Gasteiger partial charge in [0.1, 0.15) is 61.0 Å². The van der Waals surface area contributed by atoms with Crippen LogP contribution in [0.1, 0.15) is 99.3 Å². The monoisotopic (exact) mass is 942 g/mol. The van der Waals surface area contributed by atoms with Crippen LogP contribution in [0.15, 0.2) is 11.6 Å². The van der Waals surface area contributed by atoms with E-state index in [1.807, 2.05) is 6.92 Å². The first-order chi connectivity index (χ1) is 30.9. The second kappa shape index (κ2) is 18.0. The maximum atomic E-state index is 14.7. The summed E-state index contributed by atoms with van der Waals surface area (Å²) in [6.45, 7) is 12.0. The number of carboxylic acid groups (broad SMARTS) is 1. The van der Waals surface area contributed by atoms with Gasteiger partial charge in [-0.05, 0) is 104 Å². The first-order valence-electron chi connectivity index (χ1n) is 24.0. The van der Waals surface area contributed by atoms with Crippen molar-refractivity contribution in [3.63, 3.8) is 0 Å². The number of aliphatic hydroxyl groups is 10. The predicted molar refractivity (Wildman–Crippen MR) is 226 cm³/mol. The Balaban J connectivity index is 1.07. The Labute approximate surface area is 385 Å². The van der Waals surface area contributed by atoms with Crippen LogP contribution < -0.4 is 0 Å². The number of fused-ring (bicyclic) bond motifs is 7. The van der Waals surface area contributed by atoms with Crippen molar-refractivity contribution in [2.75, 3.05) is 19.8 Å². The minimum atomic E-state index is -1.97. The lowest BCUT2D eigenvalue weighted by Gasteiger charge is -2.71. The van der Waals surface area contributed by atoms with E-state index in [1.54, 1.807) is 0 Å². The average Bonchev–Trinajstić information content (AvgIpc) is 3.28. The Morgan fingerprint density at radius 2 is 1.42 bits per heavy atom. The fourth-order valence-corrected chi connectivity index (χ4v) is 15.0. The van der Waals surface area contributed by atoms with Crippen LogP contribution in [0.2, 0.25) is 0 Å². The molecule has 3 saturated heterocycles. The van der Waals surface area contributed by atoms with E-state index in [0.717, 1.165) is 12.8 Å². The zero-order valence-corrected chi connectivity index (χ0v) is 38.8. The van der Waals surface area contributed by atoms with Crippen LogP contribution in [0.4, 0.5) is 0 Å². The van der Waals surface area contributed by atoms with Crippen LogP contribution in [-0.2, 0) is 38.0 Å². The normalized spacial score (nSPS) is 55.0. The van der Waals surface area contributed by atoms with E-state index in [1.165, 1.54) is 5.57 Å². The van der Waals surface area contributed by atoms with Gasteiger partial charge in [-0.15, -0.1) is 0 Å². The topological polar surface area (TPSA) is 312 Å². The molecule has 19 nitrogen and oxygen atoms in total. The van der Waals surface area contributed by atoms with Crippen molar-refractivity contribution in [3.8, 4) is 0 Å². The molecule has 0 bridgehead atoms. The van der Waals surface area contributed by atoms with Crippen molar-refractivity contribution >= 4 is 11.9 Å². The van der Waals surface area contributed by atoms with Gasteiger partial charge in [0.15, 0.2) is 18.7 Å². The van der Waals surface area contributed by atoms with Crippen molar-refractivity contribution < 1.29 is 94.2 Å². The molecule has 7 fully saturated rings. The van der Waals surface area contributed by atoms with Gasteiger partial charge in [-0.3, -0.25) is 4.79 Å². The number of hydrogen-bond acceptors (Lipinski definition) is 18. The molecule has 3 heterocycles. The SMILES string of the molecule is C[C@H]1[C@H](C)CC[C@]2(C(=O)O[C@@H]3O[C@H](CO)[C@@H](O)[C@H](O)[C@H]3O)CC[C@]3(C)C(=CC[C@@H]4[C@@]5(C)CC[C@H](O[C@@H]6O[C@H](C(=O)O)[C@@H](O)[C@H](O)[C@H]6O[C@@H]6OC[C@H](O)[C@H](O)[C@H]6O)[C@@](C)(CO)[C@@H]5CC[C@]43C)[C@H]12. The van der Waals surface area contributed by atoms with Crippen LogP contribution in [-0.4, -0.2) is 180 Å². The molecule has 5 aliphatic carbocycles. The van der Waals surface area contributed by atoms with E-state index >= 15 is 0 Å². The predicted octanol–water partition coefficient (Wildman–Crippen LogP) is -0.300. The number of carbonyl (C=O) groups excluding carboxylic acids is 1. The smallest absolute Gasteiger partial charge is 0.335 e. The number of carbonyl (C=O) groups is 2. The summed E-state index contributed by atoms with van der Waals surface area (Å²) in [5.41, 5.74) is -1.62. The molecule has 0 aromatic rings. The van der Waals surface area contributed by atoms with Gasteiger partial charge in [0, 0.05) is 5.41 Å². The highest BCUT2D eigenvalue weighted by Gasteiger charge is 2.71. The van der Waals surface area contributed by atoms with Gasteiger partial charge >= 0.3 is 11.9 Å². The molecule has 3 aliphatic heterocycles. The van der Waals surface area contributed by atoms with Gasteiger partial charge in [0.2, 0.25) is 6.29 Å². The number of hydrogen-bond donors (Lipinski definition) is 11. The minimum absolute atomic E-state index is 0.0871. The third-order valence-corrected chi connectivity index (χ3v) is 19.4. The number of rotatable bonds is 9. The standard InChI is InChI=1S/C47H74O19/c1-20-9-14-47(42(60)66-40-35(57)31(53)30(52)24(17-48)62-40)16-15-45(5)22(28(47)21(20)2)7-8-26-43(3)12-11-27(44(4,19-49)25(43)10-13-46(26,45)6)63-41-37(33(55)32(54)36(64-41)38(58)59)65-39-34(56)29(51)23(50)18-61-39/h7,20-21,23-37,39-41,48-57H,8-19H2,1-6H3,(H,58,59)/t20-,21+,23+,24-,25-,26-,27+,28+,29+,30-,31+,32+,33+,34-,35-,36+,37-,39+,40+,41-,43+,44+,45-,46-,47+/m1/s1. The van der Waals surface area contributed by atoms with Crippen LogP contribution in [0.25, 0.3) is 0 Å². The number of aliphatic hydroxyl groups excluding tert-OH is 10. The number of ether oxygens (including phenoxy) is 6. The van der Waals surface area contributed by atoms with Gasteiger partial charge in [-0.1, -0.05) is 53.2 Å².